The van der Waals surface area contributed by atoms with Crippen LogP contribution in [0.5, 0.6) is 5.75 Å². The van der Waals surface area contributed by atoms with Crippen molar-refractivity contribution >= 4 is 27.6 Å². The van der Waals surface area contributed by atoms with E-state index in [0.29, 0.717) is 11.3 Å². The van der Waals surface area contributed by atoms with Crippen LogP contribution in [-0.4, -0.2) is 12.4 Å². The third kappa shape index (κ3) is 2.12. The van der Waals surface area contributed by atoms with Crippen molar-refractivity contribution < 1.29 is 9.53 Å². The van der Waals surface area contributed by atoms with Gasteiger partial charge in [0.2, 0.25) is 5.24 Å². The maximum atomic E-state index is 11.1. The molecule has 0 amide bonds. The van der Waals surface area contributed by atoms with Gasteiger partial charge < -0.3 is 10.5 Å². The first-order chi connectivity index (χ1) is 8.15. The minimum Gasteiger partial charge on any atom is -0.496 e. The fourth-order valence-electron chi connectivity index (χ4n) is 1.85. The summed E-state index contributed by atoms with van der Waals surface area (Å²) >= 11 is 5.42. The summed E-state index contributed by atoms with van der Waals surface area (Å²) in [5.74, 6) is 0.601. The van der Waals surface area contributed by atoms with Crippen molar-refractivity contribution in [3.63, 3.8) is 0 Å². The topological polar surface area (TPSA) is 52.3 Å². The Hall–Kier alpha value is -1.58. The second-order valence-electron chi connectivity index (χ2n) is 3.69. The summed E-state index contributed by atoms with van der Waals surface area (Å²) in [5.41, 5.74) is 6.35. The van der Waals surface area contributed by atoms with Crippen LogP contribution in [0.25, 0.3) is 10.8 Å². The van der Waals surface area contributed by atoms with Crippen LogP contribution in [-0.2, 0) is 4.79 Å². The molecule has 2 aromatic rings. The smallest absolute Gasteiger partial charge is 0.243 e. The molecule has 2 rings (SSSR count). The van der Waals surface area contributed by atoms with Gasteiger partial charge in [-0.25, -0.2) is 0 Å². The van der Waals surface area contributed by atoms with E-state index in [4.69, 9.17) is 22.1 Å². The monoisotopic (exact) mass is 249 g/mol. The molecular weight excluding hydrogens is 238 g/mol. The van der Waals surface area contributed by atoms with E-state index in [0.717, 1.165) is 10.8 Å². The van der Waals surface area contributed by atoms with Crippen molar-refractivity contribution in [2.75, 3.05) is 7.11 Å². The molecule has 0 saturated carbocycles. The Morgan fingerprint density at radius 2 is 2.00 bits per heavy atom. The van der Waals surface area contributed by atoms with Gasteiger partial charge in [-0.05, 0) is 17.0 Å². The lowest BCUT2D eigenvalue weighted by atomic mass is 10.0. The molecule has 0 spiro atoms. The average molecular weight is 250 g/mol. The van der Waals surface area contributed by atoms with Crippen LogP contribution in [0.4, 0.5) is 0 Å². The predicted molar refractivity (Wildman–Crippen MR) is 68.3 cm³/mol. The Morgan fingerprint density at radius 1 is 1.29 bits per heavy atom. The van der Waals surface area contributed by atoms with Crippen molar-refractivity contribution in [2.24, 2.45) is 5.73 Å². The fraction of sp³-hybridized carbons (Fsp3) is 0.154. The number of methoxy groups -OCH3 is 1. The number of ether oxygens (including phenoxy) is 1. The summed E-state index contributed by atoms with van der Waals surface area (Å²) in [7, 11) is 1.55. The zero-order valence-corrected chi connectivity index (χ0v) is 10.1. The van der Waals surface area contributed by atoms with E-state index in [1.54, 1.807) is 13.2 Å². The molecule has 0 aliphatic carbocycles. The molecule has 0 heterocycles. The Bertz CT molecular complexity index is 568. The molecule has 2 aromatic carbocycles. The van der Waals surface area contributed by atoms with Crippen LogP contribution in [0.1, 0.15) is 11.6 Å². The van der Waals surface area contributed by atoms with Crippen LogP contribution in [0.15, 0.2) is 36.4 Å². The van der Waals surface area contributed by atoms with E-state index in [-0.39, 0.29) is 0 Å². The van der Waals surface area contributed by atoms with Gasteiger partial charge in [-0.15, -0.1) is 0 Å². The summed E-state index contributed by atoms with van der Waals surface area (Å²) < 4.78 is 5.34. The van der Waals surface area contributed by atoms with Gasteiger partial charge in [0.05, 0.1) is 7.11 Å². The van der Waals surface area contributed by atoms with Crippen molar-refractivity contribution in [1.29, 1.82) is 0 Å². The SMILES string of the molecule is COc1c(C(N)C(=O)Cl)ccc2ccccc12. The van der Waals surface area contributed by atoms with Gasteiger partial charge >= 0.3 is 0 Å². The minimum absolute atomic E-state index is 0.599. The van der Waals surface area contributed by atoms with Gasteiger partial charge in [-0.1, -0.05) is 36.4 Å². The van der Waals surface area contributed by atoms with Crippen molar-refractivity contribution in [3.05, 3.63) is 42.0 Å². The number of carbonyl (C=O) groups is 1. The molecule has 17 heavy (non-hydrogen) atoms. The molecule has 4 heteroatoms. The number of hydrogen-bond acceptors (Lipinski definition) is 3. The standard InChI is InChI=1S/C13H12ClNO2/c1-17-12-9-5-3-2-4-8(9)6-7-10(12)11(15)13(14)16/h2-7,11H,15H2,1H3. The van der Waals surface area contributed by atoms with Crippen molar-refractivity contribution in [3.8, 4) is 5.75 Å². The highest BCUT2D eigenvalue weighted by molar-refractivity contribution is 6.64. The summed E-state index contributed by atoms with van der Waals surface area (Å²) in [6, 6.07) is 10.5. The first kappa shape index (κ1) is 11.9. The van der Waals surface area contributed by atoms with E-state index in [9.17, 15) is 4.79 Å². The third-order valence-electron chi connectivity index (χ3n) is 2.69. The van der Waals surface area contributed by atoms with Crippen LogP contribution in [0, 0.1) is 0 Å². The maximum Gasteiger partial charge on any atom is 0.243 e. The molecule has 0 aliphatic rings. The maximum absolute atomic E-state index is 11.1. The molecule has 3 nitrogen and oxygen atoms in total. The number of rotatable bonds is 3. The Balaban J connectivity index is 2.69. The van der Waals surface area contributed by atoms with Crippen LogP contribution >= 0.6 is 11.6 Å². The second kappa shape index (κ2) is 4.73. The Morgan fingerprint density at radius 3 is 2.65 bits per heavy atom. The lowest BCUT2D eigenvalue weighted by Crippen LogP contribution is -2.17. The largest absolute Gasteiger partial charge is 0.496 e. The molecular formula is C13H12ClNO2. The molecule has 88 valence electrons. The average Bonchev–Trinajstić information content (AvgIpc) is 2.36. The van der Waals surface area contributed by atoms with Gasteiger partial charge in [0.25, 0.3) is 0 Å². The lowest BCUT2D eigenvalue weighted by molar-refractivity contribution is -0.112. The van der Waals surface area contributed by atoms with Gasteiger partial charge in [0.1, 0.15) is 11.8 Å². The number of carbonyl (C=O) groups excluding carboxylic acids is 1. The van der Waals surface area contributed by atoms with Crippen molar-refractivity contribution in [1.82, 2.24) is 0 Å². The first-order valence-electron chi connectivity index (χ1n) is 5.15. The highest BCUT2D eigenvalue weighted by atomic mass is 35.5. The summed E-state index contributed by atoms with van der Waals surface area (Å²) in [5, 5.41) is 1.35. The van der Waals surface area contributed by atoms with E-state index in [1.165, 1.54) is 0 Å². The van der Waals surface area contributed by atoms with E-state index in [1.807, 2.05) is 30.3 Å². The summed E-state index contributed by atoms with van der Waals surface area (Å²) in [6.45, 7) is 0. The van der Waals surface area contributed by atoms with Gasteiger partial charge in [-0.3, -0.25) is 4.79 Å². The van der Waals surface area contributed by atoms with E-state index < -0.39 is 11.3 Å². The van der Waals surface area contributed by atoms with Crippen LogP contribution in [0.3, 0.4) is 0 Å². The van der Waals surface area contributed by atoms with Crippen LogP contribution in [0.2, 0.25) is 0 Å². The zero-order valence-electron chi connectivity index (χ0n) is 9.31. The number of fused-ring (bicyclic) bond motifs is 1. The molecule has 1 unspecified atom stereocenters. The second-order valence-corrected chi connectivity index (χ2v) is 4.06. The normalized spacial score (nSPS) is 12.4. The Labute approximate surface area is 104 Å². The summed E-state index contributed by atoms with van der Waals surface area (Å²) in [4.78, 5) is 11.1. The minimum atomic E-state index is -0.865. The summed E-state index contributed by atoms with van der Waals surface area (Å²) in [6.07, 6.45) is 0. The molecule has 1 atom stereocenters. The number of benzene rings is 2. The van der Waals surface area contributed by atoms with Crippen LogP contribution < -0.4 is 10.5 Å². The van der Waals surface area contributed by atoms with Gasteiger partial charge in [0.15, 0.2) is 0 Å². The molecule has 0 aliphatic heterocycles. The Kier molecular flexibility index (Phi) is 3.31. The highest BCUT2D eigenvalue weighted by Crippen LogP contribution is 2.33. The number of nitrogens with two attached hydrogens (primary N) is 1. The molecule has 0 bridgehead atoms. The number of hydrogen-bond donors (Lipinski definition) is 1. The zero-order chi connectivity index (χ0) is 12.4. The predicted octanol–water partition coefficient (Wildman–Crippen LogP) is 2.61. The van der Waals surface area contributed by atoms with E-state index in [2.05, 4.69) is 0 Å². The fourth-order valence-corrected chi connectivity index (χ4v) is 1.97. The molecule has 0 radical (unpaired) electrons. The third-order valence-corrected chi connectivity index (χ3v) is 2.93. The first-order valence-corrected chi connectivity index (χ1v) is 5.53. The number of halogens is 1. The molecule has 2 N–H and O–H groups in total. The van der Waals surface area contributed by atoms with E-state index >= 15 is 0 Å². The van der Waals surface area contributed by atoms with Gasteiger partial charge in [0, 0.05) is 10.9 Å². The quantitative estimate of drug-likeness (QED) is 0.851. The van der Waals surface area contributed by atoms with Gasteiger partial charge in [-0.2, -0.15) is 0 Å². The highest BCUT2D eigenvalue weighted by Gasteiger charge is 2.19. The van der Waals surface area contributed by atoms with Crippen molar-refractivity contribution in [2.45, 2.75) is 6.04 Å². The molecule has 0 aromatic heterocycles. The molecule has 0 saturated heterocycles. The molecule has 0 fully saturated rings. The lowest BCUT2D eigenvalue weighted by Gasteiger charge is -2.14.